The summed E-state index contributed by atoms with van der Waals surface area (Å²) in [7, 11) is 0. The quantitative estimate of drug-likeness (QED) is 0.867. The Kier molecular flexibility index (Phi) is 5.44. The molecule has 0 aliphatic rings. The number of rotatable bonds is 4. The molecule has 1 N–H and O–H groups in total. The van der Waals surface area contributed by atoms with Crippen LogP contribution in [-0.2, 0) is 9.53 Å². The third-order valence-corrected chi connectivity index (χ3v) is 2.73. The van der Waals surface area contributed by atoms with Gasteiger partial charge < -0.3 is 10.1 Å². The van der Waals surface area contributed by atoms with Crippen molar-refractivity contribution in [3.63, 3.8) is 0 Å². The lowest BCUT2D eigenvalue weighted by molar-refractivity contribution is -0.144. The molecule has 0 heterocycles. The lowest BCUT2D eigenvalue weighted by Crippen LogP contribution is -2.39. The summed E-state index contributed by atoms with van der Waals surface area (Å²) in [6.07, 6.45) is 0. The average Bonchev–Trinajstić information content (AvgIpc) is 2.32. The monoisotopic (exact) mass is 289 g/mol. The first-order valence-electron chi connectivity index (χ1n) is 5.38. The molecule has 1 aromatic rings. The van der Waals surface area contributed by atoms with Gasteiger partial charge in [-0.1, -0.05) is 23.2 Å². The van der Waals surface area contributed by atoms with E-state index in [0.29, 0.717) is 5.02 Å². The van der Waals surface area contributed by atoms with Crippen LogP contribution in [-0.4, -0.2) is 24.5 Å². The number of hydrogen-bond acceptors (Lipinski definition) is 3. The molecule has 18 heavy (non-hydrogen) atoms. The van der Waals surface area contributed by atoms with Gasteiger partial charge in [0.1, 0.15) is 6.04 Å². The first kappa shape index (κ1) is 14.8. The Labute approximate surface area is 115 Å². The lowest BCUT2D eigenvalue weighted by Gasteiger charge is -2.13. The summed E-state index contributed by atoms with van der Waals surface area (Å²) in [6.45, 7) is 3.49. The van der Waals surface area contributed by atoms with Crippen LogP contribution in [0.5, 0.6) is 0 Å². The fraction of sp³-hybridized carbons (Fsp3) is 0.333. The van der Waals surface area contributed by atoms with Crippen LogP contribution in [0.25, 0.3) is 0 Å². The average molecular weight is 290 g/mol. The molecule has 0 saturated heterocycles. The minimum Gasteiger partial charge on any atom is -0.464 e. The van der Waals surface area contributed by atoms with Gasteiger partial charge in [0.25, 0.3) is 5.91 Å². The second-order valence-corrected chi connectivity index (χ2v) is 4.42. The number of benzene rings is 1. The van der Waals surface area contributed by atoms with E-state index in [4.69, 9.17) is 27.9 Å². The molecule has 6 heteroatoms. The molecule has 1 unspecified atom stereocenters. The van der Waals surface area contributed by atoms with Crippen LogP contribution in [0.15, 0.2) is 18.2 Å². The Hall–Kier alpha value is -1.26. The van der Waals surface area contributed by atoms with E-state index in [1.165, 1.54) is 19.1 Å². The second-order valence-electron chi connectivity index (χ2n) is 3.57. The fourth-order valence-corrected chi connectivity index (χ4v) is 1.65. The Morgan fingerprint density at radius 1 is 1.39 bits per heavy atom. The molecular formula is C12H13Cl2NO3. The van der Waals surface area contributed by atoms with Crippen LogP contribution in [0.2, 0.25) is 10.0 Å². The zero-order chi connectivity index (χ0) is 13.7. The van der Waals surface area contributed by atoms with Gasteiger partial charge in [-0.15, -0.1) is 0 Å². The third-order valence-electron chi connectivity index (χ3n) is 2.16. The van der Waals surface area contributed by atoms with Crippen molar-refractivity contribution in [3.05, 3.63) is 33.8 Å². The van der Waals surface area contributed by atoms with Crippen LogP contribution < -0.4 is 5.32 Å². The van der Waals surface area contributed by atoms with E-state index in [1.54, 1.807) is 13.0 Å². The van der Waals surface area contributed by atoms with Gasteiger partial charge >= 0.3 is 5.97 Å². The molecule has 1 atom stereocenters. The van der Waals surface area contributed by atoms with Crippen molar-refractivity contribution in [2.24, 2.45) is 0 Å². The van der Waals surface area contributed by atoms with Crippen molar-refractivity contribution in [2.45, 2.75) is 19.9 Å². The molecule has 4 nitrogen and oxygen atoms in total. The predicted octanol–water partition coefficient (Wildman–Crippen LogP) is 2.67. The van der Waals surface area contributed by atoms with Gasteiger partial charge in [-0.05, 0) is 32.0 Å². The SMILES string of the molecule is CCOC(=O)C(C)NC(=O)c1cc(Cl)ccc1Cl. The number of halogens is 2. The highest BCUT2D eigenvalue weighted by atomic mass is 35.5. The molecule has 0 aliphatic carbocycles. The van der Waals surface area contributed by atoms with Crippen molar-refractivity contribution in [3.8, 4) is 0 Å². The Morgan fingerprint density at radius 3 is 2.67 bits per heavy atom. The molecule has 0 bridgehead atoms. The van der Waals surface area contributed by atoms with E-state index < -0.39 is 17.9 Å². The Morgan fingerprint density at radius 2 is 2.06 bits per heavy atom. The molecular weight excluding hydrogens is 277 g/mol. The largest absolute Gasteiger partial charge is 0.464 e. The maximum Gasteiger partial charge on any atom is 0.328 e. The van der Waals surface area contributed by atoms with Crippen LogP contribution >= 0.6 is 23.2 Å². The van der Waals surface area contributed by atoms with E-state index in [-0.39, 0.29) is 17.2 Å². The van der Waals surface area contributed by atoms with Gasteiger partial charge in [-0.2, -0.15) is 0 Å². The van der Waals surface area contributed by atoms with Crippen LogP contribution in [0.4, 0.5) is 0 Å². The van der Waals surface area contributed by atoms with Gasteiger partial charge in [-0.3, -0.25) is 4.79 Å². The van der Waals surface area contributed by atoms with E-state index in [9.17, 15) is 9.59 Å². The van der Waals surface area contributed by atoms with Crippen molar-refractivity contribution in [1.29, 1.82) is 0 Å². The standard InChI is InChI=1S/C12H13Cl2NO3/c1-3-18-12(17)7(2)15-11(16)9-6-8(13)4-5-10(9)14/h4-7H,3H2,1-2H3,(H,15,16). The molecule has 0 aromatic heterocycles. The fourth-order valence-electron chi connectivity index (χ4n) is 1.27. The molecule has 1 aromatic carbocycles. The zero-order valence-corrected chi connectivity index (χ0v) is 11.5. The predicted molar refractivity (Wildman–Crippen MR) is 70.0 cm³/mol. The van der Waals surface area contributed by atoms with Gasteiger partial charge in [0.05, 0.1) is 17.2 Å². The van der Waals surface area contributed by atoms with Gasteiger partial charge in [0.15, 0.2) is 0 Å². The highest BCUT2D eigenvalue weighted by molar-refractivity contribution is 6.35. The molecule has 0 fully saturated rings. The first-order valence-corrected chi connectivity index (χ1v) is 6.13. The smallest absolute Gasteiger partial charge is 0.328 e. The van der Waals surface area contributed by atoms with Gasteiger partial charge in [0, 0.05) is 5.02 Å². The summed E-state index contributed by atoms with van der Waals surface area (Å²) in [5.41, 5.74) is 0.223. The van der Waals surface area contributed by atoms with E-state index >= 15 is 0 Å². The topological polar surface area (TPSA) is 55.4 Å². The summed E-state index contributed by atoms with van der Waals surface area (Å²) in [5.74, 6) is -0.966. The molecule has 0 radical (unpaired) electrons. The summed E-state index contributed by atoms with van der Waals surface area (Å²) in [5, 5.41) is 3.16. The minimum atomic E-state index is -0.743. The van der Waals surface area contributed by atoms with E-state index in [0.717, 1.165) is 0 Å². The number of ether oxygens (including phenoxy) is 1. The molecule has 0 spiro atoms. The van der Waals surface area contributed by atoms with E-state index in [2.05, 4.69) is 5.32 Å². The normalized spacial score (nSPS) is 11.8. The van der Waals surface area contributed by atoms with Gasteiger partial charge in [0.2, 0.25) is 0 Å². The van der Waals surface area contributed by atoms with Crippen LogP contribution in [0.3, 0.4) is 0 Å². The molecule has 1 rings (SSSR count). The number of carbonyl (C=O) groups excluding carboxylic acids is 2. The van der Waals surface area contributed by atoms with Crippen LogP contribution in [0, 0.1) is 0 Å². The Bertz CT molecular complexity index is 463. The number of hydrogen-bond donors (Lipinski definition) is 1. The summed E-state index contributed by atoms with van der Waals surface area (Å²) >= 11 is 11.7. The van der Waals surface area contributed by atoms with Crippen LogP contribution in [0.1, 0.15) is 24.2 Å². The summed E-state index contributed by atoms with van der Waals surface area (Å²) in [4.78, 5) is 23.2. The first-order chi connectivity index (χ1) is 8.45. The Balaban J connectivity index is 2.76. The summed E-state index contributed by atoms with van der Waals surface area (Å²) < 4.78 is 4.78. The van der Waals surface area contributed by atoms with Crippen molar-refractivity contribution in [2.75, 3.05) is 6.61 Å². The number of carbonyl (C=O) groups is 2. The second kappa shape index (κ2) is 6.61. The van der Waals surface area contributed by atoms with Crippen molar-refractivity contribution in [1.82, 2.24) is 5.32 Å². The number of nitrogens with one attached hydrogen (secondary N) is 1. The number of amides is 1. The number of esters is 1. The van der Waals surface area contributed by atoms with Crippen molar-refractivity contribution >= 4 is 35.1 Å². The lowest BCUT2D eigenvalue weighted by atomic mass is 10.2. The van der Waals surface area contributed by atoms with Gasteiger partial charge in [-0.25, -0.2) is 4.79 Å². The van der Waals surface area contributed by atoms with E-state index in [1.807, 2.05) is 0 Å². The zero-order valence-electron chi connectivity index (χ0n) is 10.00. The van der Waals surface area contributed by atoms with Crippen molar-refractivity contribution < 1.29 is 14.3 Å². The summed E-state index contributed by atoms with van der Waals surface area (Å²) in [6, 6.07) is 3.80. The maximum atomic E-state index is 11.9. The third kappa shape index (κ3) is 3.89. The highest BCUT2D eigenvalue weighted by Gasteiger charge is 2.19. The molecule has 98 valence electrons. The molecule has 0 aliphatic heterocycles. The highest BCUT2D eigenvalue weighted by Crippen LogP contribution is 2.20. The molecule has 1 amide bonds. The minimum absolute atomic E-state index is 0.223. The molecule has 0 saturated carbocycles. The maximum absolute atomic E-state index is 11.9.